The predicted molar refractivity (Wildman–Crippen MR) is 67.5 cm³/mol. The van der Waals surface area contributed by atoms with Crippen LogP contribution in [0.5, 0.6) is 0 Å². The van der Waals surface area contributed by atoms with Crippen molar-refractivity contribution in [3.8, 4) is 0 Å². The molecular formula is C9H15N2Na2O9P. The maximum absolute atomic E-state index is 11.6. The first kappa shape index (κ1) is 23.7. The van der Waals surface area contributed by atoms with Crippen LogP contribution < -0.4 is 70.4 Å². The summed E-state index contributed by atoms with van der Waals surface area (Å²) in [6.45, 7) is 0. The predicted octanol–water partition coefficient (Wildman–Crippen LogP) is -9.12. The van der Waals surface area contributed by atoms with Crippen LogP contribution >= 0.6 is 7.60 Å². The minimum Gasteiger partial charge on any atom is -1.00 e. The van der Waals surface area contributed by atoms with Crippen molar-refractivity contribution in [2.45, 2.75) is 30.4 Å². The van der Waals surface area contributed by atoms with Gasteiger partial charge in [-0.2, -0.15) is 0 Å². The number of aliphatic hydroxyl groups excluding tert-OH is 3. The van der Waals surface area contributed by atoms with E-state index in [2.05, 4.69) is 0 Å². The Bertz CT molecular complexity index is 698. The van der Waals surface area contributed by atoms with Crippen molar-refractivity contribution < 1.29 is 96.4 Å². The van der Waals surface area contributed by atoms with Crippen LogP contribution in [0.15, 0.2) is 21.9 Å². The van der Waals surface area contributed by atoms with Gasteiger partial charge >= 0.3 is 72.4 Å². The number of hydrogen-bond donors (Lipinski definition) is 6. The smallest absolute Gasteiger partial charge is 1.00 e. The number of aliphatic hydroxyl groups is 3. The van der Waals surface area contributed by atoms with Gasteiger partial charge in [-0.25, -0.2) is 4.79 Å². The molecule has 0 aliphatic carbocycles. The molecule has 6 N–H and O–H groups in total. The second-order valence-electron chi connectivity index (χ2n) is 4.49. The summed E-state index contributed by atoms with van der Waals surface area (Å²) < 4.78 is 16.7. The number of nitrogens with zero attached hydrogens (tertiary/aromatic N) is 1. The van der Waals surface area contributed by atoms with Crippen LogP contribution in [0.4, 0.5) is 0 Å². The second-order valence-corrected chi connectivity index (χ2v) is 6.20. The summed E-state index contributed by atoms with van der Waals surface area (Å²) in [5, 5.41) is 28.9. The van der Waals surface area contributed by atoms with E-state index in [1.54, 1.807) is 0 Å². The van der Waals surface area contributed by atoms with Gasteiger partial charge in [0.1, 0.15) is 18.3 Å². The van der Waals surface area contributed by atoms with Crippen LogP contribution in [0.25, 0.3) is 0 Å². The zero-order valence-electron chi connectivity index (χ0n) is 14.3. The number of hydrogen-bond acceptors (Lipinski definition) is 7. The Balaban J connectivity index is -0.00000121. The van der Waals surface area contributed by atoms with Crippen LogP contribution in [0, 0.1) is 0 Å². The SMILES string of the molecule is O=c1ccn([C@@H]2O[C@H]([C@H](O)P(=O)(O)O)[C@@H](O)[C@H]2O)c(=O)[nH]1.[H-].[H-].[Na+].[Na+]. The van der Waals surface area contributed by atoms with Gasteiger partial charge in [-0.05, 0) is 0 Å². The van der Waals surface area contributed by atoms with Crippen molar-refractivity contribution in [1.82, 2.24) is 9.55 Å². The van der Waals surface area contributed by atoms with E-state index in [0.29, 0.717) is 0 Å². The van der Waals surface area contributed by atoms with Crippen molar-refractivity contribution in [2.75, 3.05) is 0 Å². The zero-order chi connectivity index (χ0) is 15.9. The first-order valence-electron chi connectivity index (χ1n) is 5.69. The molecule has 2 rings (SSSR count). The number of H-pyrrole nitrogens is 1. The average molecular weight is 372 g/mol. The Hall–Kier alpha value is 0.670. The van der Waals surface area contributed by atoms with Crippen LogP contribution in [0.3, 0.4) is 0 Å². The van der Waals surface area contributed by atoms with E-state index in [1.807, 2.05) is 4.98 Å². The molecule has 1 aromatic rings. The number of rotatable bonds is 3. The molecule has 0 amide bonds. The minimum absolute atomic E-state index is 0. The minimum atomic E-state index is -4.99. The third kappa shape index (κ3) is 5.08. The van der Waals surface area contributed by atoms with E-state index in [9.17, 15) is 29.5 Å². The van der Waals surface area contributed by atoms with Crippen molar-refractivity contribution in [2.24, 2.45) is 0 Å². The quantitative estimate of drug-likeness (QED) is 0.222. The van der Waals surface area contributed by atoms with Crippen molar-refractivity contribution in [1.29, 1.82) is 0 Å². The van der Waals surface area contributed by atoms with Gasteiger partial charge in [0.05, 0.1) is 0 Å². The van der Waals surface area contributed by atoms with E-state index in [-0.39, 0.29) is 62.0 Å². The standard InChI is InChI=1S/C9H13N2O9P.2Na.2H/c12-3-1-2-11(9(16)10-3)7-5(14)4(13)6(20-7)8(15)21(17,18)19;;;;/h1-2,4-8,13-15H,(H,10,12,16)(H2,17,18,19);;;;/q;2*+1;2*-1/t4-,5+,6-,7+,8+;;;;/m0..../s1. The maximum Gasteiger partial charge on any atom is 1.00 e. The fourth-order valence-corrected chi connectivity index (χ4v) is 2.61. The summed E-state index contributed by atoms with van der Waals surface area (Å²) in [5.74, 6) is -2.37. The molecule has 1 aliphatic heterocycles. The molecule has 2 heterocycles. The topological polar surface area (TPSA) is 182 Å². The largest absolute Gasteiger partial charge is 1.00 e. The molecule has 14 heteroatoms. The Kier molecular flexibility index (Phi) is 9.11. The van der Waals surface area contributed by atoms with E-state index < -0.39 is 49.2 Å². The summed E-state index contributed by atoms with van der Waals surface area (Å²) in [5.41, 5.74) is -1.65. The van der Waals surface area contributed by atoms with Crippen LogP contribution in [0.2, 0.25) is 0 Å². The zero-order valence-corrected chi connectivity index (χ0v) is 17.2. The number of aromatic amines is 1. The van der Waals surface area contributed by atoms with Crippen LogP contribution in [-0.4, -0.2) is 58.8 Å². The summed E-state index contributed by atoms with van der Waals surface area (Å²) in [6, 6.07) is 0.955. The van der Waals surface area contributed by atoms with Gasteiger partial charge < -0.3 is 32.7 Å². The average Bonchev–Trinajstić information content (AvgIpc) is 2.65. The first-order valence-corrected chi connectivity index (χ1v) is 7.37. The third-order valence-corrected chi connectivity index (χ3v) is 4.02. The fourth-order valence-electron chi connectivity index (χ4n) is 1.98. The third-order valence-electron chi connectivity index (χ3n) is 3.04. The number of nitrogens with one attached hydrogen (secondary N) is 1. The van der Waals surface area contributed by atoms with Gasteiger partial charge in [0.25, 0.3) is 5.56 Å². The van der Waals surface area contributed by atoms with Gasteiger partial charge in [-0.1, -0.05) is 0 Å². The Morgan fingerprint density at radius 3 is 2.30 bits per heavy atom. The van der Waals surface area contributed by atoms with E-state index in [0.717, 1.165) is 16.8 Å². The maximum atomic E-state index is 11.6. The van der Waals surface area contributed by atoms with Crippen LogP contribution in [-0.2, 0) is 9.30 Å². The Morgan fingerprint density at radius 2 is 1.83 bits per heavy atom. The van der Waals surface area contributed by atoms with Crippen molar-refractivity contribution in [3.63, 3.8) is 0 Å². The molecule has 0 saturated carbocycles. The fraction of sp³-hybridized carbons (Fsp3) is 0.556. The van der Waals surface area contributed by atoms with Crippen LogP contribution in [0.1, 0.15) is 9.08 Å². The Labute approximate surface area is 176 Å². The van der Waals surface area contributed by atoms with E-state index in [4.69, 9.17) is 14.5 Å². The number of aromatic nitrogens is 2. The summed E-state index contributed by atoms with van der Waals surface area (Å²) in [6.07, 6.45) is -5.91. The molecule has 0 aromatic carbocycles. The first-order chi connectivity index (χ1) is 9.62. The summed E-state index contributed by atoms with van der Waals surface area (Å²) in [4.78, 5) is 42.1. The molecule has 5 atom stereocenters. The normalized spacial score (nSPS) is 28.6. The van der Waals surface area contributed by atoms with Gasteiger partial charge in [0.15, 0.2) is 12.1 Å². The van der Waals surface area contributed by atoms with Crippen molar-refractivity contribution >= 4 is 7.60 Å². The van der Waals surface area contributed by atoms with Gasteiger partial charge in [0.2, 0.25) is 0 Å². The second kappa shape index (κ2) is 8.86. The molecule has 1 fully saturated rings. The molecule has 1 aromatic heterocycles. The number of ether oxygens (including phenoxy) is 1. The molecular weight excluding hydrogens is 357 g/mol. The molecule has 23 heavy (non-hydrogen) atoms. The molecule has 11 nitrogen and oxygen atoms in total. The molecule has 0 spiro atoms. The molecule has 1 saturated heterocycles. The van der Waals surface area contributed by atoms with E-state index in [1.165, 1.54) is 0 Å². The van der Waals surface area contributed by atoms with Gasteiger partial charge in [-0.15, -0.1) is 0 Å². The van der Waals surface area contributed by atoms with Gasteiger partial charge in [-0.3, -0.25) is 18.9 Å². The monoisotopic (exact) mass is 372 g/mol. The molecule has 0 bridgehead atoms. The molecule has 0 radical (unpaired) electrons. The van der Waals surface area contributed by atoms with Crippen molar-refractivity contribution in [3.05, 3.63) is 33.1 Å². The van der Waals surface area contributed by atoms with Gasteiger partial charge in [0, 0.05) is 12.3 Å². The summed E-state index contributed by atoms with van der Waals surface area (Å²) in [7, 11) is -4.99. The molecule has 122 valence electrons. The Morgan fingerprint density at radius 1 is 1.26 bits per heavy atom. The summed E-state index contributed by atoms with van der Waals surface area (Å²) >= 11 is 0. The van der Waals surface area contributed by atoms with E-state index >= 15 is 0 Å². The molecule has 1 aliphatic rings. The molecule has 0 unspecified atom stereocenters.